The lowest BCUT2D eigenvalue weighted by Gasteiger charge is -1.99. The van der Waals surface area contributed by atoms with Crippen molar-refractivity contribution in [2.24, 2.45) is 0 Å². The molecule has 0 aromatic carbocycles. The number of nitrogens with zero attached hydrogens (tertiary/aromatic N) is 3. The quantitative estimate of drug-likeness (QED) is 0.792. The Morgan fingerprint density at radius 1 is 1.39 bits per heavy atom. The van der Waals surface area contributed by atoms with Crippen LogP contribution in [0.5, 0.6) is 5.88 Å². The van der Waals surface area contributed by atoms with Crippen LogP contribution in [0.2, 0.25) is 0 Å². The van der Waals surface area contributed by atoms with Gasteiger partial charge in [0.05, 0.1) is 17.3 Å². The highest BCUT2D eigenvalue weighted by Crippen LogP contribution is 2.32. The molecule has 0 radical (unpaired) electrons. The first-order chi connectivity index (χ1) is 8.49. The van der Waals surface area contributed by atoms with E-state index in [4.69, 9.17) is 4.18 Å². The summed E-state index contributed by atoms with van der Waals surface area (Å²) in [4.78, 5) is 13.0. The van der Waals surface area contributed by atoms with E-state index in [9.17, 15) is 8.42 Å². The lowest BCUT2D eigenvalue weighted by Crippen LogP contribution is -2.07. The van der Waals surface area contributed by atoms with E-state index < -0.39 is 10.1 Å². The molecule has 2 aromatic heterocycles. The van der Waals surface area contributed by atoms with Crippen molar-refractivity contribution in [3.63, 3.8) is 0 Å². The zero-order valence-corrected chi connectivity index (χ0v) is 11.5. The number of hydrogen-bond donors (Lipinski definition) is 0. The van der Waals surface area contributed by atoms with Crippen LogP contribution < -0.4 is 4.18 Å². The standard InChI is InChI=1S/C10H11N3O3S2/c1-3-8-9(16-18(2,14)15)13-10(17-8)7-6-11-4-5-12-7/h4-6H,3H2,1-2H3. The van der Waals surface area contributed by atoms with Crippen LogP contribution in [-0.2, 0) is 16.5 Å². The molecule has 0 amide bonds. The van der Waals surface area contributed by atoms with Gasteiger partial charge in [0.2, 0.25) is 5.88 Å². The Morgan fingerprint density at radius 2 is 2.17 bits per heavy atom. The van der Waals surface area contributed by atoms with Gasteiger partial charge in [0.1, 0.15) is 10.7 Å². The highest BCUT2D eigenvalue weighted by Gasteiger charge is 2.17. The molecule has 2 aromatic rings. The summed E-state index contributed by atoms with van der Waals surface area (Å²) < 4.78 is 27.1. The van der Waals surface area contributed by atoms with Gasteiger partial charge >= 0.3 is 10.1 Å². The summed E-state index contributed by atoms with van der Waals surface area (Å²) >= 11 is 1.35. The summed E-state index contributed by atoms with van der Waals surface area (Å²) in [6, 6.07) is 0. The van der Waals surface area contributed by atoms with Gasteiger partial charge < -0.3 is 4.18 Å². The zero-order valence-electron chi connectivity index (χ0n) is 9.82. The first-order valence-corrected chi connectivity index (χ1v) is 7.78. The van der Waals surface area contributed by atoms with Crippen molar-refractivity contribution in [1.29, 1.82) is 0 Å². The van der Waals surface area contributed by atoms with Crippen molar-refractivity contribution in [2.75, 3.05) is 6.26 Å². The van der Waals surface area contributed by atoms with E-state index in [-0.39, 0.29) is 5.88 Å². The van der Waals surface area contributed by atoms with Crippen LogP contribution >= 0.6 is 11.3 Å². The van der Waals surface area contributed by atoms with Crippen LogP contribution in [0.1, 0.15) is 11.8 Å². The summed E-state index contributed by atoms with van der Waals surface area (Å²) in [5.74, 6) is 0.130. The Bertz CT molecular complexity index is 638. The molecular formula is C10H11N3O3S2. The van der Waals surface area contributed by atoms with E-state index in [1.807, 2.05) is 6.92 Å². The van der Waals surface area contributed by atoms with Gasteiger partial charge in [-0.1, -0.05) is 6.92 Å². The molecule has 0 N–H and O–H groups in total. The van der Waals surface area contributed by atoms with E-state index in [2.05, 4.69) is 15.0 Å². The maximum Gasteiger partial charge on any atom is 0.307 e. The molecule has 0 saturated heterocycles. The SMILES string of the molecule is CCc1sc(-c2cnccn2)nc1OS(C)(=O)=O. The third-order valence-corrected chi connectivity index (χ3v) is 3.66. The molecule has 0 unspecified atom stereocenters. The van der Waals surface area contributed by atoms with Crippen molar-refractivity contribution < 1.29 is 12.6 Å². The second kappa shape index (κ2) is 4.99. The minimum absolute atomic E-state index is 0.130. The van der Waals surface area contributed by atoms with Gasteiger partial charge in [-0.15, -0.1) is 11.3 Å². The maximum atomic E-state index is 11.1. The van der Waals surface area contributed by atoms with Crippen molar-refractivity contribution in [2.45, 2.75) is 13.3 Å². The second-order valence-electron chi connectivity index (χ2n) is 3.48. The van der Waals surface area contributed by atoms with Gasteiger partial charge in [0.25, 0.3) is 0 Å². The molecule has 0 fully saturated rings. The number of aryl methyl sites for hydroxylation is 1. The van der Waals surface area contributed by atoms with E-state index in [0.717, 1.165) is 11.1 Å². The average molecular weight is 285 g/mol. The first kappa shape index (κ1) is 12.9. The van der Waals surface area contributed by atoms with Gasteiger partial charge in [0, 0.05) is 12.4 Å². The lowest BCUT2D eigenvalue weighted by atomic mass is 10.4. The molecular weight excluding hydrogens is 274 g/mol. The smallest absolute Gasteiger partial charge is 0.307 e. The molecule has 6 nitrogen and oxygen atoms in total. The number of aromatic nitrogens is 3. The third-order valence-electron chi connectivity index (χ3n) is 2.00. The first-order valence-electron chi connectivity index (χ1n) is 5.15. The van der Waals surface area contributed by atoms with Gasteiger partial charge in [-0.25, -0.2) is 0 Å². The second-order valence-corrected chi connectivity index (χ2v) is 6.14. The average Bonchev–Trinajstić information content (AvgIpc) is 2.71. The maximum absolute atomic E-state index is 11.1. The number of thiazole rings is 1. The van der Waals surface area contributed by atoms with Crippen LogP contribution in [0.3, 0.4) is 0 Å². The third kappa shape index (κ3) is 3.02. The minimum Gasteiger partial charge on any atom is -0.361 e. The summed E-state index contributed by atoms with van der Waals surface area (Å²) in [7, 11) is -3.57. The fourth-order valence-corrected chi connectivity index (χ4v) is 2.66. The molecule has 8 heteroatoms. The Balaban J connectivity index is 2.41. The van der Waals surface area contributed by atoms with Crippen LogP contribution in [0, 0.1) is 0 Å². The summed E-state index contributed by atoms with van der Waals surface area (Å²) in [6.45, 7) is 1.91. The molecule has 96 valence electrons. The predicted octanol–water partition coefficient (Wildman–Crippen LogP) is 1.50. The molecule has 2 rings (SSSR count). The Morgan fingerprint density at radius 3 is 2.72 bits per heavy atom. The van der Waals surface area contributed by atoms with Crippen LogP contribution in [-0.4, -0.2) is 29.6 Å². The Hall–Kier alpha value is -1.54. The molecule has 0 atom stereocenters. The lowest BCUT2D eigenvalue weighted by molar-refractivity contribution is 0.482. The molecule has 0 aliphatic carbocycles. The highest BCUT2D eigenvalue weighted by atomic mass is 32.2. The van der Waals surface area contributed by atoms with Gasteiger partial charge in [-0.2, -0.15) is 13.4 Å². The van der Waals surface area contributed by atoms with Crippen molar-refractivity contribution in [3.05, 3.63) is 23.5 Å². The number of rotatable bonds is 4. The van der Waals surface area contributed by atoms with E-state index in [1.54, 1.807) is 18.6 Å². The normalized spacial score (nSPS) is 11.4. The van der Waals surface area contributed by atoms with Gasteiger partial charge in [0.15, 0.2) is 0 Å². The van der Waals surface area contributed by atoms with Crippen LogP contribution in [0.25, 0.3) is 10.7 Å². The van der Waals surface area contributed by atoms with Crippen molar-refractivity contribution in [3.8, 4) is 16.6 Å². The minimum atomic E-state index is -3.57. The summed E-state index contributed by atoms with van der Waals surface area (Å²) in [5, 5.41) is 0.596. The highest BCUT2D eigenvalue weighted by molar-refractivity contribution is 7.86. The van der Waals surface area contributed by atoms with Crippen LogP contribution in [0.15, 0.2) is 18.6 Å². The van der Waals surface area contributed by atoms with E-state index in [0.29, 0.717) is 17.1 Å². The largest absolute Gasteiger partial charge is 0.361 e. The summed E-state index contributed by atoms with van der Waals surface area (Å²) in [6.07, 6.45) is 6.32. The molecule has 0 bridgehead atoms. The van der Waals surface area contributed by atoms with Crippen molar-refractivity contribution in [1.82, 2.24) is 15.0 Å². The Labute approximate surface area is 109 Å². The molecule has 0 spiro atoms. The van der Waals surface area contributed by atoms with Crippen LogP contribution in [0.4, 0.5) is 0 Å². The zero-order chi connectivity index (χ0) is 13.2. The van der Waals surface area contributed by atoms with E-state index >= 15 is 0 Å². The number of hydrogen-bond acceptors (Lipinski definition) is 7. The monoisotopic (exact) mass is 285 g/mol. The fourth-order valence-electron chi connectivity index (χ4n) is 1.29. The van der Waals surface area contributed by atoms with Gasteiger partial charge in [-0.05, 0) is 6.42 Å². The molecule has 0 aliphatic heterocycles. The summed E-state index contributed by atoms with van der Waals surface area (Å²) in [5.41, 5.74) is 0.598. The van der Waals surface area contributed by atoms with Gasteiger partial charge in [-0.3, -0.25) is 9.97 Å². The molecule has 0 aliphatic rings. The molecule has 0 saturated carbocycles. The van der Waals surface area contributed by atoms with E-state index in [1.165, 1.54) is 11.3 Å². The predicted molar refractivity (Wildman–Crippen MR) is 68.0 cm³/mol. The topological polar surface area (TPSA) is 82.0 Å². The van der Waals surface area contributed by atoms with Crippen molar-refractivity contribution >= 4 is 21.5 Å². The fraction of sp³-hybridized carbons (Fsp3) is 0.300. The Kier molecular flexibility index (Phi) is 3.58. The molecule has 18 heavy (non-hydrogen) atoms. The molecule has 2 heterocycles.